The molecule has 1 aromatic heterocycles. The highest BCUT2D eigenvalue weighted by molar-refractivity contribution is 5.58. The van der Waals surface area contributed by atoms with Crippen LogP contribution in [0, 0.1) is 17.5 Å². The molecule has 0 amide bonds. The maximum absolute atomic E-state index is 13.4. The molecule has 3 rings (SSSR count). The maximum atomic E-state index is 13.4. The van der Waals surface area contributed by atoms with Gasteiger partial charge in [-0.25, -0.2) is 13.2 Å². The van der Waals surface area contributed by atoms with Crippen molar-refractivity contribution in [2.45, 2.75) is 12.6 Å². The number of aliphatic hydroxyl groups excluding tert-OH is 1. The summed E-state index contributed by atoms with van der Waals surface area (Å²) in [5.41, 5.74) is 2.57. The lowest BCUT2D eigenvalue weighted by molar-refractivity contribution is 0.242. The van der Waals surface area contributed by atoms with Crippen LogP contribution in [-0.4, -0.2) is 21.9 Å². The van der Waals surface area contributed by atoms with Gasteiger partial charge in [0.25, 0.3) is 0 Å². The highest BCUT2D eigenvalue weighted by atomic mass is 19.2. The molecule has 7 heteroatoms. The van der Waals surface area contributed by atoms with Crippen LogP contribution in [0.3, 0.4) is 0 Å². The zero-order valence-corrected chi connectivity index (χ0v) is 13.1. The van der Waals surface area contributed by atoms with Crippen molar-refractivity contribution in [3.63, 3.8) is 0 Å². The Morgan fingerprint density at radius 2 is 1.72 bits per heavy atom. The van der Waals surface area contributed by atoms with Gasteiger partial charge in [-0.3, -0.25) is 5.10 Å². The molecule has 2 aromatic carbocycles. The number of nitrogens with zero attached hydrogens (tertiary/aromatic N) is 1. The van der Waals surface area contributed by atoms with Crippen LogP contribution in [-0.2, 0) is 6.54 Å². The van der Waals surface area contributed by atoms with Crippen molar-refractivity contribution in [1.82, 2.24) is 15.5 Å². The Hall–Kier alpha value is -2.64. The molecular formula is C18H16F3N3O. The summed E-state index contributed by atoms with van der Waals surface area (Å²) in [5, 5.41) is 19.5. The van der Waals surface area contributed by atoms with Crippen molar-refractivity contribution < 1.29 is 18.3 Å². The van der Waals surface area contributed by atoms with Crippen molar-refractivity contribution in [1.29, 1.82) is 0 Å². The van der Waals surface area contributed by atoms with Gasteiger partial charge in [0, 0.05) is 17.8 Å². The smallest absolute Gasteiger partial charge is 0.194 e. The molecule has 0 fully saturated rings. The summed E-state index contributed by atoms with van der Waals surface area (Å²) in [6, 6.07) is 12.4. The highest BCUT2D eigenvalue weighted by Crippen LogP contribution is 2.21. The highest BCUT2D eigenvalue weighted by Gasteiger charge is 2.17. The van der Waals surface area contributed by atoms with Gasteiger partial charge >= 0.3 is 0 Å². The average molecular weight is 347 g/mol. The molecule has 25 heavy (non-hydrogen) atoms. The minimum absolute atomic E-state index is 0.127. The number of halogens is 3. The van der Waals surface area contributed by atoms with Crippen LogP contribution in [0.25, 0.3) is 11.3 Å². The van der Waals surface area contributed by atoms with Gasteiger partial charge in [-0.1, -0.05) is 30.3 Å². The third-order valence-corrected chi connectivity index (χ3v) is 3.83. The molecule has 0 aliphatic rings. The van der Waals surface area contributed by atoms with Crippen molar-refractivity contribution in [2.75, 3.05) is 6.61 Å². The summed E-state index contributed by atoms with van der Waals surface area (Å²) < 4.78 is 39.7. The van der Waals surface area contributed by atoms with Crippen LogP contribution in [0.15, 0.2) is 48.5 Å². The first-order valence-corrected chi connectivity index (χ1v) is 7.67. The number of benzene rings is 2. The van der Waals surface area contributed by atoms with E-state index in [0.29, 0.717) is 0 Å². The minimum Gasteiger partial charge on any atom is -0.394 e. The van der Waals surface area contributed by atoms with Crippen LogP contribution < -0.4 is 5.32 Å². The second-order valence-electron chi connectivity index (χ2n) is 5.56. The van der Waals surface area contributed by atoms with Crippen LogP contribution in [0.5, 0.6) is 0 Å². The Morgan fingerprint density at radius 1 is 1.04 bits per heavy atom. The molecule has 0 spiro atoms. The molecule has 1 atom stereocenters. The first kappa shape index (κ1) is 17.2. The summed E-state index contributed by atoms with van der Waals surface area (Å²) >= 11 is 0. The third-order valence-electron chi connectivity index (χ3n) is 3.83. The molecule has 1 unspecified atom stereocenters. The summed E-state index contributed by atoms with van der Waals surface area (Å²) in [4.78, 5) is 0. The van der Waals surface area contributed by atoms with Crippen LogP contribution in [0.1, 0.15) is 17.3 Å². The van der Waals surface area contributed by atoms with Gasteiger partial charge in [0.05, 0.1) is 18.3 Å². The van der Waals surface area contributed by atoms with Crippen molar-refractivity contribution in [3.05, 3.63) is 77.2 Å². The molecule has 130 valence electrons. The SMILES string of the molecule is OCC(NCc1cc(-c2ccccc2)n[nH]1)c1cc(F)c(F)c(F)c1. The lowest BCUT2D eigenvalue weighted by atomic mass is 10.1. The van der Waals surface area contributed by atoms with Crippen molar-refractivity contribution in [3.8, 4) is 11.3 Å². The van der Waals surface area contributed by atoms with E-state index < -0.39 is 30.1 Å². The summed E-state index contributed by atoms with van der Waals surface area (Å²) in [7, 11) is 0. The van der Waals surface area contributed by atoms with Crippen LogP contribution in [0.2, 0.25) is 0 Å². The Bertz CT molecular complexity index is 829. The lowest BCUT2D eigenvalue weighted by Crippen LogP contribution is -2.24. The molecule has 3 aromatic rings. The number of hydrogen-bond donors (Lipinski definition) is 3. The van der Waals surface area contributed by atoms with Gasteiger partial charge in [0.2, 0.25) is 0 Å². The van der Waals surface area contributed by atoms with Crippen LogP contribution in [0.4, 0.5) is 13.2 Å². The third kappa shape index (κ3) is 3.89. The Kier molecular flexibility index (Phi) is 5.16. The first-order valence-electron chi connectivity index (χ1n) is 7.67. The summed E-state index contributed by atoms with van der Waals surface area (Å²) in [5.74, 6) is -4.10. The number of H-pyrrole nitrogens is 1. The largest absolute Gasteiger partial charge is 0.394 e. The molecule has 0 aliphatic carbocycles. The van der Waals surface area contributed by atoms with E-state index >= 15 is 0 Å². The van der Waals surface area contributed by atoms with Gasteiger partial charge in [0.1, 0.15) is 0 Å². The molecule has 0 saturated carbocycles. The maximum Gasteiger partial charge on any atom is 0.194 e. The molecule has 0 bridgehead atoms. The number of aromatic nitrogens is 2. The van der Waals surface area contributed by atoms with Gasteiger partial charge < -0.3 is 10.4 Å². The zero-order chi connectivity index (χ0) is 17.8. The molecule has 4 nitrogen and oxygen atoms in total. The van der Waals surface area contributed by atoms with E-state index in [1.54, 1.807) is 0 Å². The molecule has 1 heterocycles. The second kappa shape index (κ2) is 7.50. The monoisotopic (exact) mass is 347 g/mol. The lowest BCUT2D eigenvalue weighted by Gasteiger charge is -2.16. The normalized spacial score (nSPS) is 12.3. The van der Waals surface area contributed by atoms with E-state index in [0.717, 1.165) is 29.1 Å². The first-order chi connectivity index (χ1) is 12.1. The minimum atomic E-state index is -1.53. The average Bonchev–Trinajstić information content (AvgIpc) is 3.10. The van der Waals surface area contributed by atoms with E-state index in [4.69, 9.17) is 0 Å². The summed E-state index contributed by atoms with van der Waals surface area (Å²) in [6.07, 6.45) is 0. The zero-order valence-electron chi connectivity index (χ0n) is 13.1. The van der Waals surface area contributed by atoms with Crippen molar-refractivity contribution in [2.24, 2.45) is 0 Å². The van der Waals surface area contributed by atoms with Gasteiger partial charge in [-0.15, -0.1) is 0 Å². The Labute approximate surface area is 142 Å². The number of hydrogen-bond acceptors (Lipinski definition) is 3. The van der Waals surface area contributed by atoms with E-state index in [9.17, 15) is 18.3 Å². The van der Waals surface area contributed by atoms with Gasteiger partial charge in [-0.05, 0) is 23.8 Å². The fourth-order valence-corrected chi connectivity index (χ4v) is 2.51. The number of aromatic amines is 1. The van der Waals surface area contributed by atoms with Gasteiger partial charge in [0.15, 0.2) is 17.5 Å². The molecule has 0 saturated heterocycles. The topological polar surface area (TPSA) is 60.9 Å². The Balaban J connectivity index is 1.71. The summed E-state index contributed by atoms with van der Waals surface area (Å²) in [6.45, 7) is -0.115. The van der Waals surface area contributed by atoms with Crippen molar-refractivity contribution >= 4 is 0 Å². The predicted octanol–water partition coefficient (Wildman–Crippen LogP) is 3.32. The molecule has 0 radical (unpaired) electrons. The Morgan fingerprint density at radius 3 is 2.36 bits per heavy atom. The fraction of sp³-hybridized carbons (Fsp3) is 0.167. The molecular weight excluding hydrogens is 331 g/mol. The molecule has 0 aliphatic heterocycles. The van der Waals surface area contributed by atoms with Crippen LogP contribution >= 0.6 is 0 Å². The quantitative estimate of drug-likeness (QED) is 0.600. The van der Waals surface area contributed by atoms with Gasteiger partial charge in [-0.2, -0.15) is 5.10 Å². The van der Waals surface area contributed by atoms with E-state index in [1.165, 1.54) is 0 Å². The van der Waals surface area contributed by atoms with E-state index in [2.05, 4.69) is 15.5 Å². The number of rotatable bonds is 6. The fourth-order valence-electron chi connectivity index (χ4n) is 2.51. The predicted molar refractivity (Wildman–Crippen MR) is 87.0 cm³/mol. The standard InChI is InChI=1S/C18H16F3N3O/c19-14-6-12(7-15(20)18(14)21)17(10-25)22-9-13-8-16(24-23-13)11-4-2-1-3-5-11/h1-8,17,22,25H,9-10H2,(H,23,24). The van der Waals surface area contributed by atoms with E-state index in [1.807, 2.05) is 36.4 Å². The number of nitrogens with one attached hydrogen (secondary N) is 2. The molecule has 3 N–H and O–H groups in total. The number of aliphatic hydroxyl groups is 1. The van der Waals surface area contributed by atoms with E-state index in [-0.39, 0.29) is 12.1 Å². The second-order valence-corrected chi connectivity index (χ2v) is 5.56.